The van der Waals surface area contributed by atoms with Crippen molar-refractivity contribution < 1.29 is 4.79 Å². The summed E-state index contributed by atoms with van der Waals surface area (Å²) in [6.07, 6.45) is 0. The highest BCUT2D eigenvalue weighted by Crippen LogP contribution is 2.20. The quantitative estimate of drug-likeness (QED) is 0.928. The number of amides is 1. The third kappa shape index (κ3) is 3.00. The van der Waals surface area contributed by atoms with Crippen LogP contribution in [0.15, 0.2) is 41.2 Å². The highest BCUT2D eigenvalue weighted by molar-refractivity contribution is 7.07. The molecule has 0 spiro atoms. The van der Waals surface area contributed by atoms with Gasteiger partial charge in [0.1, 0.15) is 5.54 Å². The molecule has 2 rings (SSSR count). The Balaban J connectivity index is 2.14. The molecule has 1 aromatic heterocycles. The van der Waals surface area contributed by atoms with Gasteiger partial charge in [0.05, 0.1) is 17.7 Å². The summed E-state index contributed by atoms with van der Waals surface area (Å²) in [5.74, 6) is -0.119. The molecule has 0 aliphatic heterocycles. The van der Waals surface area contributed by atoms with Crippen molar-refractivity contribution in [3.8, 4) is 0 Å². The van der Waals surface area contributed by atoms with E-state index in [0.717, 1.165) is 11.3 Å². The second-order valence-electron chi connectivity index (χ2n) is 4.71. The fraction of sp³-hybridized carbons (Fsp3) is 0.286. The fourth-order valence-electron chi connectivity index (χ4n) is 1.93. The number of hydrogen-bond donors (Lipinski definition) is 1. The zero-order valence-corrected chi connectivity index (χ0v) is 11.9. The van der Waals surface area contributed by atoms with E-state index in [9.17, 15) is 4.79 Å². The number of thiazole rings is 1. The predicted octanol–water partition coefficient (Wildman–Crippen LogP) is 1.98. The minimum atomic E-state index is -1.02. The van der Waals surface area contributed by atoms with Crippen LogP contribution >= 0.6 is 11.3 Å². The lowest BCUT2D eigenvalue weighted by Gasteiger charge is -2.29. The Morgan fingerprint density at radius 1 is 1.42 bits per heavy atom. The van der Waals surface area contributed by atoms with E-state index in [0.29, 0.717) is 6.54 Å². The van der Waals surface area contributed by atoms with Crippen LogP contribution in [-0.2, 0) is 16.9 Å². The lowest BCUT2D eigenvalue weighted by Crippen LogP contribution is -2.49. The number of benzene rings is 1. The van der Waals surface area contributed by atoms with Crippen molar-refractivity contribution in [1.82, 2.24) is 9.88 Å². The van der Waals surface area contributed by atoms with Crippen LogP contribution < -0.4 is 5.73 Å². The Morgan fingerprint density at radius 3 is 2.68 bits per heavy atom. The van der Waals surface area contributed by atoms with Gasteiger partial charge in [0.25, 0.3) is 0 Å². The van der Waals surface area contributed by atoms with Gasteiger partial charge in [0, 0.05) is 12.4 Å². The zero-order valence-electron chi connectivity index (χ0n) is 11.0. The molecule has 0 radical (unpaired) electrons. The molecule has 19 heavy (non-hydrogen) atoms. The number of likely N-dealkylation sites (N-methyl/N-ethyl adjacent to an activating group) is 1. The van der Waals surface area contributed by atoms with E-state index in [1.54, 1.807) is 24.4 Å². The summed E-state index contributed by atoms with van der Waals surface area (Å²) >= 11 is 1.52. The Morgan fingerprint density at radius 2 is 2.11 bits per heavy atom. The standard InChI is InChI=1S/C14H17N3OS/c1-14(15,11-6-4-3-5-7-11)13(18)17(2)8-12-9-19-10-16-12/h3-7,9-10H,8,15H2,1-2H3. The summed E-state index contributed by atoms with van der Waals surface area (Å²) in [7, 11) is 1.75. The number of aromatic nitrogens is 1. The van der Waals surface area contributed by atoms with Crippen LogP contribution in [-0.4, -0.2) is 22.8 Å². The highest BCUT2D eigenvalue weighted by atomic mass is 32.1. The summed E-state index contributed by atoms with van der Waals surface area (Å²) in [5.41, 5.74) is 8.63. The molecule has 1 heterocycles. The third-order valence-electron chi connectivity index (χ3n) is 3.05. The third-order valence-corrected chi connectivity index (χ3v) is 3.68. The van der Waals surface area contributed by atoms with Crippen LogP contribution in [0.25, 0.3) is 0 Å². The predicted molar refractivity (Wildman–Crippen MR) is 76.6 cm³/mol. The maximum atomic E-state index is 12.5. The van der Waals surface area contributed by atoms with E-state index in [4.69, 9.17) is 5.73 Å². The van der Waals surface area contributed by atoms with E-state index >= 15 is 0 Å². The van der Waals surface area contributed by atoms with Gasteiger partial charge in [-0.2, -0.15) is 0 Å². The molecule has 0 aliphatic rings. The van der Waals surface area contributed by atoms with Gasteiger partial charge < -0.3 is 10.6 Å². The smallest absolute Gasteiger partial charge is 0.247 e. The van der Waals surface area contributed by atoms with Gasteiger partial charge in [0.15, 0.2) is 0 Å². The molecule has 0 saturated carbocycles. The Kier molecular flexibility index (Phi) is 3.97. The summed E-state index contributed by atoms with van der Waals surface area (Å²) < 4.78 is 0. The molecule has 1 atom stereocenters. The van der Waals surface area contributed by atoms with Crippen LogP contribution in [0.4, 0.5) is 0 Å². The molecule has 0 fully saturated rings. The summed E-state index contributed by atoms with van der Waals surface area (Å²) in [5, 5.41) is 1.93. The number of nitrogens with two attached hydrogens (primary N) is 1. The van der Waals surface area contributed by atoms with Gasteiger partial charge in [-0.3, -0.25) is 4.79 Å². The van der Waals surface area contributed by atoms with Crippen molar-refractivity contribution in [2.45, 2.75) is 19.0 Å². The molecular weight excluding hydrogens is 258 g/mol. The Labute approximate surface area is 116 Å². The lowest BCUT2D eigenvalue weighted by molar-refractivity contribution is -0.136. The van der Waals surface area contributed by atoms with Crippen molar-refractivity contribution >= 4 is 17.2 Å². The van der Waals surface area contributed by atoms with Gasteiger partial charge in [-0.05, 0) is 12.5 Å². The molecule has 0 saturated heterocycles. The highest BCUT2D eigenvalue weighted by Gasteiger charge is 2.33. The maximum Gasteiger partial charge on any atom is 0.247 e. The number of carbonyl (C=O) groups is 1. The fourth-order valence-corrected chi connectivity index (χ4v) is 2.48. The zero-order chi connectivity index (χ0) is 13.9. The molecule has 5 heteroatoms. The molecule has 4 nitrogen and oxygen atoms in total. The molecule has 0 bridgehead atoms. The molecule has 100 valence electrons. The number of rotatable bonds is 4. The van der Waals surface area contributed by atoms with Crippen LogP contribution in [0.3, 0.4) is 0 Å². The molecular formula is C14H17N3OS. The van der Waals surface area contributed by atoms with Gasteiger partial charge in [-0.25, -0.2) is 4.98 Å². The minimum Gasteiger partial charge on any atom is -0.338 e. The second-order valence-corrected chi connectivity index (χ2v) is 5.43. The number of carbonyl (C=O) groups excluding carboxylic acids is 1. The van der Waals surface area contributed by atoms with Crippen molar-refractivity contribution in [2.24, 2.45) is 5.73 Å². The lowest BCUT2D eigenvalue weighted by atomic mass is 9.92. The van der Waals surface area contributed by atoms with Crippen LogP contribution in [0, 0.1) is 0 Å². The van der Waals surface area contributed by atoms with E-state index in [-0.39, 0.29) is 5.91 Å². The van der Waals surface area contributed by atoms with Crippen molar-refractivity contribution in [3.63, 3.8) is 0 Å². The largest absolute Gasteiger partial charge is 0.338 e. The van der Waals surface area contributed by atoms with Crippen molar-refractivity contribution in [3.05, 3.63) is 52.5 Å². The number of hydrogen-bond acceptors (Lipinski definition) is 4. The molecule has 1 unspecified atom stereocenters. The van der Waals surface area contributed by atoms with E-state index in [2.05, 4.69) is 4.98 Å². The number of nitrogens with zero attached hydrogens (tertiary/aromatic N) is 2. The first-order valence-corrected chi connectivity index (χ1v) is 6.93. The van der Waals surface area contributed by atoms with Crippen LogP contribution in [0.5, 0.6) is 0 Å². The molecule has 1 aromatic carbocycles. The monoisotopic (exact) mass is 275 g/mol. The normalized spacial score (nSPS) is 13.8. The maximum absolute atomic E-state index is 12.5. The van der Waals surface area contributed by atoms with Crippen LogP contribution in [0.2, 0.25) is 0 Å². The van der Waals surface area contributed by atoms with Gasteiger partial charge >= 0.3 is 0 Å². The first-order valence-electron chi connectivity index (χ1n) is 5.99. The molecule has 1 amide bonds. The van der Waals surface area contributed by atoms with Gasteiger partial charge in [0.2, 0.25) is 5.91 Å². The first-order chi connectivity index (χ1) is 9.01. The van der Waals surface area contributed by atoms with Gasteiger partial charge in [-0.15, -0.1) is 11.3 Å². The summed E-state index contributed by atoms with van der Waals surface area (Å²) in [4.78, 5) is 18.3. The van der Waals surface area contributed by atoms with Crippen LogP contribution in [0.1, 0.15) is 18.2 Å². The average Bonchev–Trinajstić information content (AvgIpc) is 2.91. The van der Waals surface area contributed by atoms with E-state index < -0.39 is 5.54 Å². The van der Waals surface area contributed by atoms with Gasteiger partial charge in [-0.1, -0.05) is 30.3 Å². The Bertz CT molecular complexity index is 537. The van der Waals surface area contributed by atoms with Crippen molar-refractivity contribution in [1.29, 1.82) is 0 Å². The molecule has 0 aliphatic carbocycles. The molecule has 2 N–H and O–H groups in total. The van der Waals surface area contributed by atoms with Crippen molar-refractivity contribution in [2.75, 3.05) is 7.05 Å². The first kappa shape index (κ1) is 13.7. The van der Waals surface area contributed by atoms with E-state index in [1.807, 2.05) is 35.7 Å². The SMILES string of the molecule is CN(Cc1cscn1)C(=O)C(C)(N)c1ccccc1. The second kappa shape index (κ2) is 5.50. The summed E-state index contributed by atoms with van der Waals surface area (Å²) in [6, 6.07) is 9.41. The van der Waals surface area contributed by atoms with E-state index in [1.165, 1.54) is 11.3 Å². The molecule has 2 aromatic rings. The Hall–Kier alpha value is -1.72. The topological polar surface area (TPSA) is 59.2 Å². The summed E-state index contributed by atoms with van der Waals surface area (Å²) in [6.45, 7) is 2.21. The average molecular weight is 275 g/mol. The minimum absolute atomic E-state index is 0.119.